The molecule has 2 atom stereocenters. The summed E-state index contributed by atoms with van der Waals surface area (Å²) in [6.07, 6.45) is 4.85. The zero-order valence-corrected chi connectivity index (χ0v) is 16.8. The van der Waals surface area contributed by atoms with Crippen LogP contribution in [0, 0.1) is 5.92 Å². The van der Waals surface area contributed by atoms with Gasteiger partial charge in [-0.1, -0.05) is 60.7 Å². The third-order valence-electron chi connectivity index (χ3n) is 4.09. The van der Waals surface area contributed by atoms with Crippen molar-refractivity contribution in [2.24, 2.45) is 5.92 Å². The van der Waals surface area contributed by atoms with Crippen molar-refractivity contribution in [2.45, 2.75) is 53.1 Å². The molecular weight excluding hydrogens is 378 g/mol. The summed E-state index contributed by atoms with van der Waals surface area (Å²) >= 11 is 6.52. The van der Waals surface area contributed by atoms with Crippen molar-refractivity contribution in [3.05, 3.63) is 22.4 Å². The number of hydrogen-bond donors (Lipinski definition) is 1. The lowest BCUT2D eigenvalue weighted by Crippen LogP contribution is -2.41. The number of thioether (sulfide) groups is 2. The molecule has 2 aromatic heterocycles. The fraction of sp³-hybridized carbons (Fsp3) is 0.562. The second-order valence-corrected chi connectivity index (χ2v) is 10.4. The molecule has 2 aromatic rings. The predicted molar refractivity (Wildman–Crippen MR) is 104 cm³/mol. The van der Waals surface area contributed by atoms with Gasteiger partial charge in [0.25, 0.3) is 0 Å². The van der Waals surface area contributed by atoms with Crippen molar-refractivity contribution in [3.63, 3.8) is 0 Å². The number of thiophene rings is 1. The van der Waals surface area contributed by atoms with E-state index in [2.05, 4.69) is 40.0 Å². The molecule has 1 amide bonds. The Bertz CT molecular complexity index is 644. The molecule has 0 saturated heterocycles. The van der Waals surface area contributed by atoms with Crippen LogP contribution in [0.4, 0.5) is 0 Å². The van der Waals surface area contributed by atoms with Gasteiger partial charge in [0.15, 0.2) is 8.68 Å². The van der Waals surface area contributed by atoms with Crippen LogP contribution in [0.1, 0.15) is 37.5 Å². The number of hydrogen-bond acceptors (Lipinski definition) is 7. The Morgan fingerprint density at radius 3 is 2.83 bits per heavy atom. The topological polar surface area (TPSA) is 54.9 Å². The number of aromatic nitrogens is 2. The second-order valence-electron chi connectivity index (χ2n) is 5.93. The molecule has 0 radical (unpaired) electrons. The SMILES string of the molecule is C[C@@H]1CCCC[C@@H]1NC(=O)CSc1nnc(SCc2cccs2)s1. The summed E-state index contributed by atoms with van der Waals surface area (Å²) in [7, 11) is 0. The number of carbonyl (C=O) groups excluding carboxylic acids is 1. The lowest BCUT2D eigenvalue weighted by Gasteiger charge is -2.29. The summed E-state index contributed by atoms with van der Waals surface area (Å²) in [5.41, 5.74) is 0. The van der Waals surface area contributed by atoms with E-state index in [0.717, 1.165) is 20.9 Å². The van der Waals surface area contributed by atoms with Gasteiger partial charge in [0.2, 0.25) is 5.91 Å². The first-order valence-corrected chi connectivity index (χ1v) is 11.8. The number of amides is 1. The van der Waals surface area contributed by atoms with Crippen LogP contribution in [0.25, 0.3) is 0 Å². The van der Waals surface area contributed by atoms with Crippen molar-refractivity contribution < 1.29 is 4.79 Å². The van der Waals surface area contributed by atoms with Gasteiger partial charge in [0.1, 0.15) is 0 Å². The molecule has 130 valence electrons. The molecule has 1 N–H and O–H groups in total. The minimum absolute atomic E-state index is 0.113. The molecule has 0 aromatic carbocycles. The minimum atomic E-state index is 0.113. The molecule has 1 aliphatic rings. The first kappa shape index (κ1) is 18.2. The molecule has 1 aliphatic carbocycles. The molecule has 3 rings (SSSR count). The van der Waals surface area contributed by atoms with Gasteiger partial charge in [-0.25, -0.2) is 0 Å². The summed E-state index contributed by atoms with van der Waals surface area (Å²) in [5, 5.41) is 13.7. The van der Waals surface area contributed by atoms with Gasteiger partial charge in [-0.15, -0.1) is 21.5 Å². The normalized spacial score (nSPS) is 20.9. The standard InChI is InChI=1S/C16H21N3OS4/c1-11-5-2-3-7-13(11)17-14(20)10-23-16-19-18-15(24-16)22-9-12-6-4-8-21-12/h4,6,8,11,13H,2-3,5,7,9-10H2,1H3,(H,17,20)/t11-,13+/m1/s1. The number of nitrogens with one attached hydrogen (secondary N) is 1. The molecule has 0 aliphatic heterocycles. The highest BCUT2D eigenvalue weighted by molar-refractivity contribution is 8.03. The third kappa shape index (κ3) is 5.47. The Labute approximate surface area is 159 Å². The average molecular weight is 400 g/mol. The van der Waals surface area contributed by atoms with Crippen LogP contribution in [0.15, 0.2) is 26.2 Å². The van der Waals surface area contributed by atoms with Crippen molar-refractivity contribution in [2.75, 3.05) is 5.75 Å². The molecule has 24 heavy (non-hydrogen) atoms. The van der Waals surface area contributed by atoms with Gasteiger partial charge in [-0.3, -0.25) is 4.79 Å². The average Bonchev–Trinajstić information content (AvgIpc) is 3.25. The van der Waals surface area contributed by atoms with Crippen molar-refractivity contribution in [3.8, 4) is 0 Å². The van der Waals surface area contributed by atoms with Gasteiger partial charge in [0, 0.05) is 16.7 Å². The van der Waals surface area contributed by atoms with Crippen LogP contribution < -0.4 is 5.32 Å². The number of carbonyl (C=O) groups is 1. The van der Waals surface area contributed by atoms with Crippen LogP contribution in [-0.4, -0.2) is 27.9 Å². The Morgan fingerprint density at radius 2 is 2.08 bits per heavy atom. The van der Waals surface area contributed by atoms with Gasteiger partial charge in [-0.05, 0) is 30.2 Å². The van der Waals surface area contributed by atoms with E-state index in [1.807, 2.05) is 0 Å². The van der Waals surface area contributed by atoms with Gasteiger partial charge < -0.3 is 5.32 Å². The van der Waals surface area contributed by atoms with Crippen LogP contribution >= 0.6 is 46.2 Å². The van der Waals surface area contributed by atoms with Gasteiger partial charge in [-0.2, -0.15) is 0 Å². The van der Waals surface area contributed by atoms with E-state index in [1.54, 1.807) is 34.4 Å². The Balaban J connectivity index is 1.40. The zero-order valence-electron chi connectivity index (χ0n) is 13.6. The molecule has 1 fully saturated rings. The molecule has 0 spiro atoms. The van der Waals surface area contributed by atoms with Crippen molar-refractivity contribution in [1.82, 2.24) is 15.5 Å². The molecule has 0 unspecified atom stereocenters. The van der Waals surface area contributed by atoms with Crippen LogP contribution in [0.5, 0.6) is 0 Å². The Hall–Kier alpha value is -0.570. The fourth-order valence-electron chi connectivity index (χ4n) is 2.75. The molecule has 8 heteroatoms. The predicted octanol–water partition coefficient (Wildman–Crippen LogP) is 4.68. The maximum atomic E-state index is 12.1. The van der Waals surface area contributed by atoms with E-state index in [4.69, 9.17) is 0 Å². The van der Waals surface area contributed by atoms with E-state index < -0.39 is 0 Å². The van der Waals surface area contributed by atoms with Crippen molar-refractivity contribution in [1.29, 1.82) is 0 Å². The Morgan fingerprint density at radius 1 is 1.29 bits per heavy atom. The molecule has 4 nitrogen and oxygen atoms in total. The summed E-state index contributed by atoms with van der Waals surface area (Å²) in [6, 6.07) is 4.54. The summed E-state index contributed by atoms with van der Waals surface area (Å²) in [6.45, 7) is 2.24. The van der Waals surface area contributed by atoms with E-state index in [9.17, 15) is 4.79 Å². The Kier molecular flexibility index (Phi) is 7.00. The lowest BCUT2D eigenvalue weighted by molar-refractivity contribution is -0.119. The quantitative estimate of drug-likeness (QED) is 0.685. The van der Waals surface area contributed by atoms with Crippen LogP contribution in [-0.2, 0) is 10.5 Å². The minimum Gasteiger partial charge on any atom is -0.352 e. The molecule has 0 bridgehead atoms. The van der Waals surface area contributed by atoms with E-state index >= 15 is 0 Å². The van der Waals surface area contributed by atoms with E-state index in [0.29, 0.717) is 17.7 Å². The number of rotatable bonds is 7. The van der Waals surface area contributed by atoms with Crippen LogP contribution in [0.2, 0.25) is 0 Å². The highest BCUT2D eigenvalue weighted by atomic mass is 32.2. The highest BCUT2D eigenvalue weighted by Gasteiger charge is 2.22. The van der Waals surface area contributed by atoms with E-state index in [-0.39, 0.29) is 5.91 Å². The maximum Gasteiger partial charge on any atom is 0.230 e. The van der Waals surface area contributed by atoms with Crippen molar-refractivity contribution >= 4 is 52.1 Å². The number of nitrogens with zero attached hydrogens (tertiary/aromatic N) is 2. The summed E-state index contributed by atoms with van der Waals surface area (Å²) in [5.74, 6) is 2.06. The molecule has 2 heterocycles. The monoisotopic (exact) mass is 399 g/mol. The molecule has 1 saturated carbocycles. The van der Waals surface area contributed by atoms with E-state index in [1.165, 1.54) is 35.9 Å². The highest BCUT2D eigenvalue weighted by Crippen LogP contribution is 2.31. The summed E-state index contributed by atoms with van der Waals surface area (Å²) < 4.78 is 1.84. The largest absolute Gasteiger partial charge is 0.352 e. The lowest BCUT2D eigenvalue weighted by atomic mass is 9.86. The maximum absolute atomic E-state index is 12.1. The third-order valence-corrected chi connectivity index (χ3v) is 8.39. The smallest absolute Gasteiger partial charge is 0.230 e. The van der Waals surface area contributed by atoms with Gasteiger partial charge in [0.05, 0.1) is 5.75 Å². The van der Waals surface area contributed by atoms with Crippen LogP contribution in [0.3, 0.4) is 0 Å². The fourth-order valence-corrected chi connectivity index (χ4v) is 6.35. The second kappa shape index (κ2) is 9.22. The first-order chi connectivity index (χ1) is 11.7. The first-order valence-electron chi connectivity index (χ1n) is 8.11. The molecular formula is C16H21N3OS4. The summed E-state index contributed by atoms with van der Waals surface area (Å²) in [4.78, 5) is 13.5. The zero-order chi connectivity index (χ0) is 16.8. The van der Waals surface area contributed by atoms with Gasteiger partial charge >= 0.3 is 0 Å².